The van der Waals surface area contributed by atoms with Crippen molar-refractivity contribution in [1.82, 2.24) is 24.5 Å². The lowest BCUT2D eigenvalue weighted by molar-refractivity contribution is -0.113. The van der Waals surface area contributed by atoms with Crippen molar-refractivity contribution >= 4 is 33.4 Å². The molecule has 0 bridgehead atoms. The number of anilines is 1. The van der Waals surface area contributed by atoms with Crippen LogP contribution in [0.4, 0.5) is 5.69 Å². The Bertz CT molecular complexity index is 1050. The fourth-order valence-electron chi connectivity index (χ4n) is 3.60. The number of aromatic nitrogens is 4. The molecule has 1 aromatic carbocycles. The summed E-state index contributed by atoms with van der Waals surface area (Å²) in [5.41, 5.74) is 1.05. The van der Waals surface area contributed by atoms with Crippen molar-refractivity contribution in [3.63, 3.8) is 0 Å². The van der Waals surface area contributed by atoms with E-state index in [4.69, 9.17) is 9.47 Å². The van der Waals surface area contributed by atoms with Gasteiger partial charge in [0.15, 0.2) is 0 Å². The number of benzene rings is 1. The van der Waals surface area contributed by atoms with Gasteiger partial charge in [0.25, 0.3) is 0 Å². The van der Waals surface area contributed by atoms with Gasteiger partial charge in [0, 0.05) is 25.4 Å². The third kappa shape index (κ3) is 5.46. The zero-order valence-corrected chi connectivity index (χ0v) is 19.4. The van der Waals surface area contributed by atoms with Crippen LogP contribution in [0.3, 0.4) is 0 Å². The molecule has 0 saturated carbocycles. The molecule has 1 unspecified atom stereocenters. The lowest BCUT2D eigenvalue weighted by atomic mass is 10.2. The van der Waals surface area contributed by atoms with Crippen LogP contribution in [0.1, 0.15) is 18.4 Å². The minimum atomic E-state index is -3.66. The Morgan fingerprint density at radius 2 is 2.09 bits per heavy atom. The van der Waals surface area contributed by atoms with Gasteiger partial charge < -0.3 is 14.8 Å². The number of rotatable bonds is 8. The summed E-state index contributed by atoms with van der Waals surface area (Å²) in [4.78, 5) is 12.7. The molecule has 2 aliphatic rings. The molecule has 0 spiro atoms. The van der Waals surface area contributed by atoms with Crippen molar-refractivity contribution in [3.05, 3.63) is 23.8 Å². The summed E-state index contributed by atoms with van der Waals surface area (Å²) < 4.78 is 40.0. The van der Waals surface area contributed by atoms with E-state index >= 15 is 0 Å². The summed E-state index contributed by atoms with van der Waals surface area (Å²) >= 11 is 1.22. The molecule has 13 heteroatoms. The van der Waals surface area contributed by atoms with E-state index in [1.807, 2.05) is 0 Å². The van der Waals surface area contributed by atoms with Crippen LogP contribution < -0.4 is 5.32 Å². The van der Waals surface area contributed by atoms with Crippen LogP contribution in [0.15, 0.2) is 28.3 Å². The average Bonchev–Trinajstić information content (AvgIpc) is 3.46. The second kappa shape index (κ2) is 10.3. The fraction of sp³-hybridized carbons (Fsp3) is 0.579. The molecule has 32 heavy (non-hydrogen) atoms. The van der Waals surface area contributed by atoms with Gasteiger partial charge in [0.05, 0.1) is 36.5 Å². The number of ether oxygens (including phenoxy) is 2. The van der Waals surface area contributed by atoms with Crippen LogP contribution in [-0.2, 0) is 30.8 Å². The number of morpholine rings is 1. The Balaban J connectivity index is 1.38. The second-order valence-electron chi connectivity index (χ2n) is 7.61. The van der Waals surface area contributed by atoms with E-state index in [9.17, 15) is 13.2 Å². The first-order chi connectivity index (χ1) is 15.4. The van der Waals surface area contributed by atoms with Crippen LogP contribution >= 0.6 is 11.8 Å². The van der Waals surface area contributed by atoms with Gasteiger partial charge in [-0.05, 0) is 47.9 Å². The highest BCUT2D eigenvalue weighted by Crippen LogP contribution is 2.25. The normalized spacial score (nSPS) is 19.8. The van der Waals surface area contributed by atoms with Gasteiger partial charge in [-0.2, -0.15) is 4.31 Å². The lowest BCUT2D eigenvalue weighted by Crippen LogP contribution is -2.40. The zero-order valence-electron chi connectivity index (χ0n) is 17.8. The summed E-state index contributed by atoms with van der Waals surface area (Å²) in [6.07, 6.45) is 2.08. The van der Waals surface area contributed by atoms with E-state index in [0.29, 0.717) is 49.3 Å². The van der Waals surface area contributed by atoms with Gasteiger partial charge in [0.1, 0.15) is 0 Å². The van der Waals surface area contributed by atoms with Crippen molar-refractivity contribution in [1.29, 1.82) is 0 Å². The Hall–Kier alpha value is -2.06. The molecule has 1 N–H and O–H groups in total. The predicted octanol–water partition coefficient (Wildman–Crippen LogP) is 0.912. The van der Waals surface area contributed by atoms with Crippen LogP contribution in [0.25, 0.3) is 0 Å². The lowest BCUT2D eigenvalue weighted by Gasteiger charge is -2.26. The predicted molar refractivity (Wildman–Crippen MR) is 117 cm³/mol. The highest BCUT2D eigenvalue weighted by Gasteiger charge is 2.28. The van der Waals surface area contributed by atoms with Crippen molar-refractivity contribution in [2.45, 2.75) is 42.5 Å². The number of amides is 1. The molecule has 174 valence electrons. The minimum absolute atomic E-state index is 0.0886. The van der Waals surface area contributed by atoms with E-state index in [-0.39, 0.29) is 22.7 Å². The summed E-state index contributed by atoms with van der Waals surface area (Å²) in [6, 6.07) is 4.89. The number of nitrogens with one attached hydrogen (secondary N) is 1. The van der Waals surface area contributed by atoms with E-state index < -0.39 is 10.0 Å². The molecule has 3 heterocycles. The maximum absolute atomic E-state index is 13.0. The number of carbonyl (C=O) groups excluding carboxylic acids is 1. The standard InChI is InChI=1S/C19H26N6O5S2/c1-14-4-5-15(11-17(14)32(27,28)24-6-9-29-10-7-24)20-18(26)13-31-19-21-22-23-25(19)12-16-3-2-8-30-16/h4-5,11,16H,2-3,6-10,12-13H2,1H3,(H,20,26). The first kappa shape index (κ1) is 23.1. The summed E-state index contributed by atoms with van der Waals surface area (Å²) in [5.74, 6) is -0.189. The monoisotopic (exact) mass is 482 g/mol. The Morgan fingerprint density at radius 3 is 2.84 bits per heavy atom. The molecule has 2 aliphatic heterocycles. The van der Waals surface area contributed by atoms with E-state index in [1.165, 1.54) is 22.1 Å². The summed E-state index contributed by atoms with van der Waals surface area (Å²) in [7, 11) is -3.66. The summed E-state index contributed by atoms with van der Waals surface area (Å²) in [6.45, 7) is 4.42. The average molecular weight is 483 g/mol. The molecular weight excluding hydrogens is 456 g/mol. The fourth-order valence-corrected chi connectivity index (χ4v) is 5.95. The molecule has 11 nitrogen and oxygen atoms in total. The summed E-state index contributed by atoms with van der Waals surface area (Å²) in [5, 5.41) is 15.0. The Morgan fingerprint density at radius 1 is 1.28 bits per heavy atom. The molecule has 0 radical (unpaired) electrons. The molecule has 1 aromatic heterocycles. The zero-order chi connectivity index (χ0) is 22.6. The molecule has 2 fully saturated rings. The van der Waals surface area contributed by atoms with Crippen molar-refractivity contribution in [2.75, 3.05) is 44.0 Å². The molecule has 2 aromatic rings. The quantitative estimate of drug-likeness (QED) is 0.546. The van der Waals surface area contributed by atoms with Crippen LogP contribution in [0, 0.1) is 6.92 Å². The Kier molecular flexibility index (Phi) is 7.40. The maximum atomic E-state index is 13.0. The molecule has 2 saturated heterocycles. The number of hydrogen-bond donors (Lipinski definition) is 1. The van der Waals surface area contributed by atoms with Crippen LogP contribution in [0.2, 0.25) is 0 Å². The van der Waals surface area contributed by atoms with Gasteiger partial charge in [-0.1, -0.05) is 17.8 Å². The van der Waals surface area contributed by atoms with Crippen molar-refractivity contribution in [2.24, 2.45) is 0 Å². The van der Waals surface area contributed by atoms with Crippen LogP contribution in [0.5, 0.6) is 0 Å². The van der Waals surface area contributed by atoms with E-state index in [2.05, 4.69) is 20.8 Å². The SMILES string of the molecule is Cc1ccc(NC(=O)CSc2nnnn2CC2CCCO2)cc1S(=O)(=O)N1CCOCC1. The van der Waals surface area contributed by atoms with Gasteiger partial charge in [-0.15, -0.1) is 5.10 Å². The number of hydrogen-bond acceptors (Lipinski definition) is 9. The highest BCUT2D eigenvalue weighted by atomic mass is 32.2. The third-order valence-corrected chi connectivity index (χ3v) is 8.29. The number of aryl methyl sites for hydroxylation is 1. The number of carbonyl (C=O) groups is 1. The van der Waals surface area contributed by atoms with Gasteiger partial charge >= 0.3 is 0 Å². The number of sulfonamides is 1. The molecule has 1 atom stereocenters. The first-order valence-electron chi connectivity index (χ1n) is 10.4. The van der Waals surface area contributed by atoms with Crippen molar-refractivity contribution in [3.8, 4) is 0 Å². The molecule has 0 aliphatic carbocycles. The van der Waals surface area contributed by atoms with Gasteiger partial charge in [0.2, 0.25) is 21.1 Å². The van der Waals surface area contributed by atoms with E-state index in [1.54, 1.807) is 23.7 Å². The second-order valence-corrected chi connectivity index (χ2v) is 10.5. The Labute approximate surface area is 190 Å². The molecule has 4 rings (SSSR count). The highest BCUT2D eigenvalue weighted by molar-refractivity contribution is 7.99. The van der Waals surface area contributed by atoms with E-state index in [0.717, 1.165) is 19.4 Å². The number of thioether (sulfide) groups is 1. The van der Waals surface area contributed by atoms with Crippen molar-refractivity contribution < 1.29 is 22.7 Å². The third-order valence-electron chi connectivity index (χ3n) is 5.29. The van der Waals surface area contributed by atoms with Gasteiger partial charge in [-0.3, -0.25) is 4.79 Å². The first-order valence-corrected chi connectivity index (χ1v) is 12.8. The smallest absolute Gasteiger partial charge is 0.243 e. The topological polar surface area (TPSA) is 129 Å². The number of nitrogens with zero attached hydrogens (tertiary/aromatic N) is 5. The molecular formula is C19H26N6O5S2. The van der Waals surface area contributed by atoms with Crippen LogP contribution in [-0.4, -0.2) is 83.6 Å². The maximum Gasteiger partial charge on any atom is 0.243 e. The molecule has 1 amide bonds. The van der Waals surface area contributed by atoms with Gasteiger partial charge in [-0.25, -0.2) is 13.1 Å². The minimum Gasteiger partial charge on any atom is -0.379 e. The number of tetrazole rings is 1. The largest absolute Gasteiger partial charge is 0.379 e.